The van der Waals surface area contributed by atoms with Crippen LogP contribution in [0.15, 0.2) is 77.2 Å². The smallest absolute Gasteiger partial charge is 0.339 e. The van der Waals surface area contributed by atoms with Crippen molar-refractivity contribution in [3.8, 4) is 11.5 Å². The van der Waals surface area contributed by atoms with Crippen molar-refractivity contribution in [1.82, 2.24) is 4.98 Å². The molecule has 4 aromatic rings. The minimum atomic E-state index is -0.587. The molecule has 0 bridgehead atoms. The van der Waals surface area contributed by atoms with Crippen molar-refractivity contribution in [2.45, 2.75) is 12.8 Å². The molecule has 0 fully saturated rings. The number of oxazole rings is 1. The summed E-state index contributed by atoms with van der Waals surface area (Å²) in [7, 11) is 0. The van der Waals surface area contributed by atoms with Gasteiger partial charge in [-0.1, -0.05) is 42.5 Å². The third-order valence-electron chi connectivity index (χ3n) is 5.41. The average molecular weight is 412 g/mol. The summed E-state index contributed by atoms with van der Waals surface area (Å²) in [6.45, 7) is 0.294. The minimum Gasteiger partial charge on any atom is -0.452 e. The van der Waals surface area contributed by atoms with Gasteiger partial charge in [-0.15, -0.1) is 0 Å². The number of aromatic nitrogens is 1. The van der Waals surface area contributed by atoms with Crippen LogP contribution in [0, 0.1) is 0 Å². The molecule has 6 nitrogen and oxygen atoms in total. The highest BCUT2D eigenvalue weighted by Gasteiger charge is 2.24. The maximum Gasteiger partial charge on any atom is 0.339 e. The molecule has 1 aliphatic heterocycles. The Bertz CT molecular complexity index is 1240. The number of ether oxygens (including phenoxy) is 1. The van der Waals surface area contributed by atoms with E-state index >= 15 is 0 Å². The van der Waals surface area contributed by atoms with Gasteiger partial charge in [-0.05, 0) is 48.7 Å². The molecule has 5 rings (SSSR count). The monoisotopic (exact) mass is 412 g/mol. The number of hydrogen-bond acceptors (Lipinski definition) is 5. The van der Waals surface area contributed by atoms with Crippen LogP contribution in [-0.2, 0) is 16.0 Å². The van der Waals surface area contributed by atoms with Crippen molar-refractivity contribution in [3.05, 3.63) is 83.9 Å². The van der Waals surface area contributed by atoms with E-state index in [1.54, 1.807) is 29.2 Å². The van der Waals surface area contributed by atoms with Crippen molar-refractivity contribution < 1.29 is 18.7 Å². The number of fused-ring (bicyclic) bond motifs is 2. The number of aryl methyl sites for hydroxylation is 1. The lowest BCUT2D eigenvalue weighted by molar-refractivity contribution is -0.121. The van der Waals surface area contributed by atoms with E-state index in [4.69, 9.17) is 9.15 Å². The van der Waals surface area contributed by atoms with Crippen LogP contribution in [0.1, 0.15) is 22.3 Å². The summed E-state index contributed by atoms with van der Waals surface area (Å²) in [6.07, 6.45) is 1.83. The molecule has 0 radical (unpaired) electrons. The van der Waals surface area contributed by atoms with Crippen molar-refractivity contribution in [2.24, 2.45) is 0 Å². The second-order valence-corrected chi connectivity index (χ2v) is 7.39. The van der Waals surface area contributed by atoms with Crippen LogP contribution >= 0.6 is 0 Å². The standard InChI is InChI=1S/C25H20N2O4/c28-23(27-15-7-9-17-8-1-5-13-21(17)27)16-30-25(29)19-11-3-2-10-18(19)24-26-20-12-4-6-14-22(20)31-24/h1-6,8,10-14H,7,9,15-16H2. The van der Waals surface area contributed by atoms with Crippen LogP contribution in [0.3, 0.4) is 0 Å². The highest BCUT2D eigenvalue weighted by molar-refractivity contribution is 6.00. The molecule has 0 unspecified atom stereocenters. The van der Waals surface area contributed by atoms with Gasteiger partial charge in [0.2, 0.25) is 5.89 Å². The lowest BCUT2D eigenvalue weighted by atomic mass is 10.0. The van der Waals surface area contributed by atoms with Gasteiger partial charge in [0.1, 0.15) is 5.52 Å². The average Bonchev–Trinajstić information content (AvgIpc) is 3.26. The van der Waals surface area contributed by atoms with E-state index in [1.165, 1.54) is 0 Å². The first kappa shape index (κ1) is 19.1. The number of benzene rings is 3. The number of rotatable bonds is 4. The molecule has 0 saturated carbocycles. The number of hydrogen-bond donors (Lipinski definition) is 0. The zero-order chi connectivity index (χ0) is 21.2. The van der Waals surface area contributed by atoms with Crippen LogP contribution < -0.4 is 4.90 Å². The van der Waals surface area contributed by atoms with Gasteiger partial charge in [0.25, 0.3) is 5.91 Å². The first-order valence-corrected chi connectivity index (χ1v) is 10.2. The first-order chi connectivity index (χ1) is 15.2. The molecule has 2 heterocycles. The summed E-state index contributed by atoms with van der Waals surface area (Å²) in [5, 5.41) is 0. The van der Waals surface area contributed by atoms with Crippen LogP contribution in [0.5, 0.6) is 0 Å². The maximum atomic E-state index is 12.8. The van der Waals surface area contributed by atoms with E-state index in [0.717, 1.165) is 24.1 Å². The van der Waals surface area contributed by atoms with E-state index in [1.807, 2.05) is 48.5 Å². The fourth-order valence-corrected chi connectivity index (χ4v) is 3.91. The summed E-state index contributed by atoms with van der Waals surface area (Å²) >= 11 is 0. The quantitative estimate of drug-likeness (QED) is 0.457. The number of para-hydroxylation sites is 3. The number of esters is 1. The van der Waals surface area contributed by atoms with Crippen molar-refractivity contribution in [3.63, 3.8) is 0 Å². The van der Waals surface area contributed by atoms with Gasteiger partial charge >= 0.3 is 5.97 Å². The SMILES string of the molecule is O=C(OCC(=O)N1CCCc2ccccc21)c1ccccc1-c1nc2ccccc2o1. The molecule has 1 aromatic heterocycles. The molecule has 1 amide bonds. The van der Waals surface area contributed by atoms with E-state index in [-0.39, 0.29) is 12.5 Å². The highest BCUT2D eigenvalue weighted by Crippen LogP contribution is 2.28. The maximum absolute atomic E-state index is 12.8. The van der Waals surface area contributed by atoms with E-state index in [0.29, 0.717) is 34.7 Å². The number of anilines is 1. The summed E-state index contributed by atoms with van der Waals surface area (Å²) in [5.41, 5.74) is 4.20. The van der Waals surface area contributed by atoms with Crippen molar-refractivity contribution in [2.75, 3.05) is 18.1 Å². The number of nitrogens with zero attached hydrogens (tertiary/aromatic N) is 2. The molecule has 1 aliphatic rings. The van der Waals surface area contributed by atoms with Gasteiger partial charge in [-0.2, -0.15) is 0 Å². The van der Waals surface area contributed by atoms with E-state index in [9.17, 15) is 9.59 Å². The fraction of sp³-hybridized carbons (Fsp3) is 0.160. The topological polar surface area (TPSA) is 72.6 Å². The molecule has 0 atom stereocenters. The third-order valence-corrected chi connectivity index (χ3v) is 5.41. The Morgan fingerprint density at radius 3 is 2.65 bits per heavy atom. The van der Waals surface area contributed by atoms with Crippen LogP contribution in [-0.4, -0.2) is 30.0 Å². The summed E-state index contributed by atoms with van der Waals surface area (Å²) in [5.74, 6) is -0.485. The Hall–Kier alpha value is -3.93. The normalized spacial score (nSPS) is 13.1. The molecule has 154 valence electrons. The van der Waals surface area contributed by atoms with Crippen LogP contribution in [0.25, 0.3) is 22.6 Å². The fourth-order valence-electron chi connectivity index (χ4n) is 3.91. The Morgan fingerprint density at radius 1 is 0.968 bits per heavy atom. The minimum absolute atomic E-state index is 0.236. The van der Waals surface area contributed by atoms with Gasteiger partial charge in [-0.25, -0.2) is 9.78 Å². The second-order valence-electron chi connectivity index (χ2n) is 7.39. The van der Waals surface area contributed by atoms with Crippen LogP contribution in [0.2, 0.25) is 0 Å². The van der Waals surface area contributed by atoms with E-state index in [2.05, 4.69) is 4.98 Å². The van der Waals surface area contributed by atoms with Gasteiger partial charge in [-0.3, -0.25) is 4.79 Å². The number of carbonyl (C=O) groups is 2. The third kappa shape index (κ3) is 3.68. The number of carbonyl (C=O) groups excluding carboxylic acids is 2. The molecule has 0 N–H and O–H groups in total. The molecule has 3 aromatic carbocycles. The van der Waals surface area contributed by atoms with Crippen molar-refractivity contribution >= 4 is 28.7 Å². The first-order valence-electron chi connectivity index (χ1n) is 10.2. The number of amides is 1. The highest BCUT2D eigenvalue weighted by atomic mass is 16.5. The molecule has 6 heteroatoms. The van der Waals surface area contributed by atoms with Gasteiger partial charge in [0.05, 0.1) is 11.1 Å². The summed E-state index contributed by atoms with van der Waals surface area (Å²) in [6, 6.07) is 22.2. The zero-order valence-corrected chi connectivity index (χ0v) is 16.8. The Labute approximate surface area is 179 Å². The molecule has 0 spiro atoms. The van der Waals surface area contributed by atoms with Gasteiger partial charge < -0.3 is 14.1 Å². The lowest BCUT2D eigenvalue weighted by Gasteiger charge is -2.29. The molecular weight excluding hydrogens is 392 g/mol. The molecular formula is C25H20N2O4. The Balaban J connectivity index is 1.34. The lowest BCUT2D eigenvalue weighted by Crippen LogP contribution is -2.38. The predicted molar refractivity (Wildman–Crippen MR) is 117 cm³/mol. The van der Waals surface area contributed by atoms with Gasteiger partial charge in [0, 0.05) is 12.2 Å². The summed E-state index contributed by atoms with van der Waals surface area (Å²) in [4.78, 5) is 31.8. The molecule has 0 aliphatic carbocycles. The summed E-state index contributed by atoms with van der Waals surface area (Å²) < 4.78 is 11.2. The molecule has 0 saturated heterocycles. The second kappa shape index (κ2) is 8.07. The largest absolute Gasteiger partial charge is 0.452 e. The Kier molecular flexibility index (Phi) is 4.96. The predicted octanol–water partition coefficient (Wildman–Crippen LogP) is 4.63. The zero-order valence-electron chi connectivity index (χ0n) is 16.8. The Morgan fingerprint density at radius 2 is 1.74 bits per heavy atom. The van der Waals surface area contributed by atoms with Gasteiger partial charge in [0.15, 0.2) is 12.2 Å². The van der Waals surface area contributed by atoms with E-state index < -0.39 is 5.97 Å². The molecule has 31 heavy (non-hydrogen) atoms. The van der Waals surface area contributed by atoms with Crippen molar-refractivity contribution in [1.29, 1.82) is 0 Å². The van der Waals surface area contributed by atoms with Crippen LogP contribution in [0.4, 0.5) is 5.69 Å².